The van der Waals surface area contributed by atoms with Gasteiger partial charge in [-0.1, -0.05) is 92.4 Å². The van der Waals surface area contributed by atoms with Crippen LogP contribution >= 0.6 is 11.6 Å². The molecule has 0 radical (unpaired) electrons. The number of benzene rings is 4. The molecule has 0 aliphatic carbocycles. The van der Waals surface area contributed by atoms with Crippen molar-refractivity contribution in [1.82, 2.24) is 0 Å². The topological polar surface area (TPSA) is 0 Å². The zero-order valence-corrected chi connectivity index (χ0v) is 16.9. The van der Waals surface area contributed by atoms with Crippen molar-refractivity contribution in [3.8, 4) is 11.1 Å². The molecule has 0 heterocycles. The molecule has 2 heteroatoms. The zero-order chi connectivity index (χ0) is 19.5. The van der Waals surface area contributed by atoms with Gasteiger partial charge < -0.3 is 0 Å². The highest BCUT2D eigenvalue weighted by Crippen LogP contribution is 2.33. The summed E-state index contributed by atoms with van der Waals surface area (Å²) in [7, 11) is 0. The Morgan fingerprint density at radius 2 is 1.50 bits per heavy atom. The second-order valence-electron chi connectivity index (χ2n) is 7.46. The molecular weight excluding hydrogens is 367 g/mol. The SMILES string of the molecule is CCCCCCc1ccc2c(ccc3c(F)c(-c4ccc(Cl)cc4)ccc32)c1. The molecule has 0 fully saturated rings. The number of halogens is 2. The summed E-state index contributed by atoms with van der Waals surface area (Å²) in [5.41, 5.74) is 2.81. The standard InChI is InChI=1S/C26H24ClF/c1-2-3-4-5-6-18-7-13-22-20(17-18)10-14-25-24(22)16-15-23(26(25)28)19-8-11-21(27)12-9-19/h7-17H,2-6H2,1H3. The van der Waals surface area contributed by atoms with Crippen LogP contribution < -0.4 is 0 Å². The molecule has 0 nitrogen and oxygen atoms in total. The van der Waals surface area contributed by atoms with Crippen LogP contribution in [-0.2, 0) is 6.42 Å². The van der Waals surface area contributed by atoms with Crippen LogP contribution in [0, 0.1) is 5.82 Å². The molecular formula is C26H24ClF. The van der Waals surface area contributed by atoms with Gasteiger partial charge in [0.25, 0.3) is 0 Å². The van der Waals surface area contributed by atoms with Crippen LogP contribution in [0.5, 0.6) is 0 Å². The Bertz CT molecular complexity index is 1110. The third kappa shape index (κ3) is 3.77. The number of fused-ring (bicyclic) bond motifs is 3. The monoisotopic (exact) mass is 390 g/mol. The Morgan fingerprint density at radius 1 is 0.750 bits per heavy atom. The molecule has 0 saturated heterocycles. The fourth-order valence-electron chi connectivity index (χ4n) is 3.92. The maximum absolute atomic E-state index is 15.3. The van der Waals surface area contributed by atoms with Crippen LogP contribution in [0.1, 0.15) is 38.2 Å². The molecule has 0 aromatic heterocycles. The fourth-order valence-corrected chi connectivity index (χ4v) is 4.05. The van der Waals surface area contributed by atoms with Crippen molar-refractivity contribution < 1.29 is 4.39 Å². The maximum Gasteiger partial charge on any atom is 0.138 e. The van der Waals surface area contributed by atoms with Crippen molar-refractivity contribution in [3.05, 3.63) is 83.1 Å². The van der Waals surface area contributed by atoms with Gasteiger partial charge in [-0.05, 0) is 52.3 Å². The van der Waals surface area contributed by atoms with Crippen LogP contribution in [0.3, 0.4) is 0 Å². The lowest BCUT2D eigenvalue weighted by Gasteiger charge is -2.11. The van der Waals surface area contributed by atoms with E-state index in [1.807, 2.05) is 36.4 Å². The second-order valence-corrected chi connectivity index (χ2v) is 7.90. The summed E-state index contributed by atoms with van der Waals surface area (Å²) in [6, 6.07) is 21.8. The van der Waals surface area contributed by atoms with Gasteiger partial charge in [-0.3, -0.25) is 0 Å². The molecule has 0 aliphatic rings. The van der Waals surface area contributed by atoms with E-state index in [0.717, 1.165) is 22.8 Å². The van der Waals surface area contributed by atoms with Crippen LogP contribution in [0.4, 0.5) is 4.39 Å². The van der Waals surface area contributed by atoms with E-state index in [1.165, 1.54) is 36.6 Å². The van der Waals surface area contributed by atoms with Crippen molar-refractivity contribution in [3.63, 3.8) is 0 Å². The van der Waals surface area contributed by atoms with Gasteiger partial charge in [0, 0.05) is 16.0 Å². The predicted molar refractivity (Wildman–Crippen MR) is 120 cm³/mol. The Labute approximate surface area is 171 Å². The van der Waals surface area contributed by atoms with Crippen molar-refractivity contribution in [1.29, 1.82) is 0 Å². The van der Waals surface area contributed by atoms with Crippen molar-refractivity contribution in [2.75, 3.05) is 0 Å². The lowest BCUT2D eigenvalue weighted by molar-refractivity contribution is 0.643. The Morgan fingerprint density at radius 3 is 2.29 bits per heavy atom. The lowest BCUT2D eigenvalue weighted by atomic mass is 9.95. The van der Waals surface area contributed by atoms with Crippen molar-refractivity contribution >= 4 is 33.1 Å². The number of aryl methyl sites for hydroxylation is 1. The zero-order valence-electron chi connectivity index (χ0n) is 16.1. The van der Waals surface area contributed by atoms with Crippen molar-refractivity contribution in [2.24, 2.45) is 0 Å². The van der Waals surface area contributed by atoms with Gasteiger partial charge in [0.2, 0.25) is 0 Å². The predicted octanol–water partition coefficient (Wildman–Crippen LogP) is 8.58. The quantitative estimate of drug-likeness (QED) is 0.228. The molecule has 142 valence electrons. The summed E-state index contributed by atoms with van der Waals surface area (Å²) in [5, 5.41) is 4.57. The first-order valence-corrected chi connectivity index (χ1v) is 10.4. The highest BCUT2D eigenvalue weighted by atomic mass is 35.5. The summed E-state index contributed by atoms with van der Waals surface area (Å²) in [5.74, 6) is -0.176. The normalized spacial score (nSPS) is 11.4. The van der Waals surface area contributed by atoms with Gasteiger partial charge in [0.1, 0.15) is 5.82 Å². The summed E-state index contributed by atoms with van der Waals surface area (Å²) in [4.78, 5) is 0. The molecule has 0 aliphatic heterocycles. The van der Waals surface area contributed by atoms with Crippen LogP contribution in [0.15, 0.2) is 66.7 Å². The minimum Gasteiger partial charge on any atom is -0.206 e. The van der Waals surface area contributed by atoms with Gasteiger partial charge in [-0.25, -0.2) is 4.39 Å². The minimum atomic E-state index is -0.176. The molecule has 0 spiro atoms. The molecule has 28 heavy (non-hydrogen) atoms. The average molecular weight is 391 g/mol. The first-order valence-electron chi connectivity index (χ1n) is 10.1. The first kappa shape index (κ1) is 19.0. The van der Waals surface area contributed by atoms with E-state index in [2.05, 4.69) is 25.1 Å². The van der Waals surface area contributed by atoms with E-state index in [0.29, 0.717) is 16.0 Å². The summed E-state index contributed by atoms with van der Waals surface area (Å²) in [6.45, 7) is 2.23. The van der Waals surface area contributed by atoms with E-state index in [9.17, 15) is 0 Å². The summed E-state index contributed by atoms with van der Waals surface area (Å²) >= 11 is 5.97. The Balaban J connectivity index is 1.72. The van der Waals surface area contributed by atoms with Crippen LogP contribution in [-0.4, -0.2) is 0 Å². The van der Waals surface area contributed by atoms with Gasteiger partial charge in [0.05, 0.1) is 0 Å². The second kappa shape index (κ2) is 8.32. The van der Waals surface area contributed by atoms with Gasteiger partial charge in [0.15, 0.2) is 0 Å². The van der Waals surface area contributed by atoms with E-state index >= 15 is 4.39 Å². The number of unbranched alkanes of at least 4 members (excludes halogenated alkanes) is 3. The molecule has 0 saturated carbocycles. The molecule has 4 rings (SSSR count). The first-order chi connectivity index (χ1) is 13.7. The van der Waals surface area contributed by atoms with Crippen molar-refractivity contribution in [2.45, 2.75) is 39.0 Å². The number of hydrogen-bond donors (Lipinski definition) is 0. The number of hydrogen-bond acceptors (Lipinski definition) is 0. The maximum atomic E-state index is 15.3. The average Bonchev–Trinajstić information content (AvgIpc) is 2.72. The molecule has 4 aromatic rings. The summed E-state index contributed by atoms with van der Waals surface area (Å²) < 4.78 is 15.3. The van der Waals surface area contributed by atoms with Crippen LogP contribution in [0.25, 0.3) is 32.7 Å². The Kier molecular flexibility index (Phi) is 5.64. The van der Waals surface area contributed by atoms with Gasteiger partial charge in [-0.2, -0.15) is 0 Å². The Hall–Kier alpha value is -2.38. The van der Waals surface area contributed by atoms with E-state index in [-0.39, 0.29) is 5.82 Å². The third-order valence-electron chi connectivity index (χ3n) is 5.49. The van der Waals surface area contributed by atoms with Gasteiger partial charge in [-0.15, -0.1) is 0 Å². The molecule has 0 amide bonds. The van der Waals surface area contributed by atoms with E-state index in [4.69, 9.17) is 11.6 Å². The van der Waals surface area contributed by atoms with Gasteiger partial charge >= 0.3 is 0 Å². The molecule has 0 bridgehead atoms. The third-order valence-corrected chi connectivity index (χ3v) is 5.74. The highest BCUT2D eigenvalue weighted by Gasteiger charge is 2.11. The highest BCUT2D eigenvalue weighted by molar-refractivity contribution is 6.30. The fraction of sp³-hybridized carbons (Fsp3) is 0.231. The number of rotatable bonds is 6. The van der Waals surface area contributed by atoms with E-state index in [1.54, 1.807) is 12.1 Å². The summed E-state index contributed by atoms with van der Waals surface area (Å²) in [6.07, 6.45) is 6.18. The molecule has 4 aromatic carbocycles. The molecule has 0 atom stereocenters. The minimum absolute atomic E-state index is 0.176. The van der Waals surface area contributed by atoms with Crippen LogP contribution in [0.2, 0.25) is 5.02 Å². The molecule has 0 N–H and O–H groups in total. The largest absolute Gasteiger partial charge is 0.206 e. The molecule has 0 unspecified atom stereocenters. The van der Waals surface area contributed by atoms with E-state index < -0.39 is 0 Å². The smallest absolute Gasteiger partial charge is 0.138 e. The lowest BCUT2D eigenvalue weighted by Crippen LogP contribution is -1.90.